The third-order valence-corrected chi connectivity index (χ3v) is 1.91. The molecule has 0 saturated carbocycles. The topological polar surface area (TPSA) is 38.9 Å². The molecule has 0 radical (unpaired) electrons. The smallest absolute Gasteiger partial charge is 0.126 e. The fourth-order valence-electron chi connectivity index (χ4n) is 0.972. The number of aromatic nitrogens is 1. The molecule has 0 bridgehead atoms. The number of hydrogen-bond acceptors (Lipinski definition) is 2. The second-order valence-electron chi connectivity index (χ2n) is 2.90. The lowest BCUT2D eigenvalue weighted by molar-refractivity contribution is 0.864. The normalized spacial score (nSPS) is 10.5. The third-order valence-electron chi connectivity index (χ3n) is 1.59. The maximum Gasteiger partial charge on any atom is 0.126 e. The van der Waals surface area contributed by atoms with Gasteiger partial charge in [-0.1, -0.05) is 13.8 Å². The summed E-state index contributed by atoms with van der Waals surface area (Å²) in [5, 5.41) is 1.09. The Morgan fingerprint density at radius 1 is 1.55 bits per heavy atom. The zero-order valence-corrected chi connectivity index (χ0v) is 7.99. The SMILES string of the molecule is CC(C)c1cc(P)cnc1N. The number of rotatable bonds is 1. The van der Waals surface area contributed by atoms with Crippen LogP contribution in [0.3, 0.4) is 0 Å². The van der Waals surface area contributed by atoms with Gasteiger partial charge in [0.1, 0.15) is 5.82 Å². The molecule has 2 nitrogen and oxygen atoms in total. The molecule has 0 aliphatic carbocycles. The molecule has 0 aliphatic heterocycles. The van der Waals surface area contributed by atoms with Crippen LogP contribution in [0.2, 0.25) is 0 Å². The van der Waals surface area contributed by atoms with Gasteiger partial charge in [0, 0.05) is 6.20 Å². The number of nitrogen functional groups attached to an aromatic ring is 1. The molecular formula is C8H13N2P. The van der Waals surface area contributed by atoms with E-state index in [1.165, 1.54) is 0 Å². The monoisotopic (exact) mass is 168 g/mol. The lowest BCUT2D eigenvalue weighted by atomic mass is 10.1. The van der Waals surface area contributed by atoms with Gasteiger partial charge in [-0.25, -0.2) is 4.98 Å². The molecular weight excluding hydrogens is 155 g/mol. The van der Waals surface area contributed by atoms with Crippen LogP contribution in [0.15, 0.2) is 12.3 Å². The second-order valence-corrected chi connectivity index (χ2v) is 3.56. The van der Waals surface area contributed by atoms with Gasteiger partial charge in [-0.05, 0) is 22.9 Å². The average molecular weight is 168 g/mol. The Labute approximate surface area is 69.4 Å². The minimum absolute atomic E-state index is 0.447. The summed E-state index contributed by atoms with van der Waals surface area (Å²) in [5.74, 6) is 1.09. The highest BCUT2D eigenvalue weighted by Gasteiger charge is 2.04. The van der Waals surface area contributed by atoms with Gasteiger partial charge >= 0.3 is 0 Å². The molecule has 1 aromatic heterocycles. The molecule has 0 spiro atoms. The Balaban J connectivity index is 3.13. The van der Waals surface area contributed by atoms with Crippen LogP contribution in [0.1, 0.15) is 25.3 Å². The van der Waals surface area contributed by atoms with Crippen molar-refractivity contribution in [3.8, 4) is 0 Å². The van der Waals surface area contributed by atoms with Gasteiger partial charge in [-0.2, -0.15) is 0 Å². The van der Waals surface area contributed by atoms with Gasteiger partial charge in [0.05, 0.1) is 0 Å². The molecule has 1 aromatic rings. The van der Waals surface area contributed by atoms with Gasteiger partial charge in [-0.15, -0.1) is 9.24 Å². The van der Waals surface area contributed by atoms with Crippen molar-refractivity contribution in [3.63, 3.8) is 0 Å². The first-order valence-electron chi connectivity index (χ1n) is 3.62. The summed E-state index contributed by atoms with van der Waals surface area (Å²) in [5.41, 5.74) is 6.79. The largest absolute Gasteiger partial charge is 0.383 e. The molecule has 0 aliphatic rings. The summed E-state index contributed by atoms with van der Waals surface area (Å²) < 4.78 is 0. The Kier molecular flexibility index (Phi) is 2.45. The van der Waals surface area contributed by atoms with E-state index in [1.807, 2.05) is 0 Å². The van der Waals surface area contributed by atoms with E-state index in [0.29, 0.717) is 11.7 Å². The Morgan fingerprint density at radius 2 is 2.18 bits per heavy atom. The number of nitrogens with zero attached hydrogens (tertiary/aromatic N) is 1. The summed E-state index contributed by atoms with van der Waals surface area (Å²) in [6.45, 7) is 4.22. The number of hydrogen-bond donors (Lipinski definition) is 1. The zero-order chi connectivity index (χ0) is 8.43. The van der Waals surface area contributed by atoms with E-state index in [9.17, 15) is 0 Å². The van der Waals surface area contributed by atoms with E-state index in [2.05, 4.69) is 34.1 Å². The molecule has 60 valence electrons. The van der Waals surface area contributed by atoms with E-state index >= 15 is 0 Å². The van der Waals surface area contributed by atoms with Gasteiger partial charge in [0.15, 0.2) is 0 Å². The predicted molar refractivity (Wildman–Crippen MR) is 52.1 cm³/mol. The maximum absolute atomic E-state index is 5.67. The van der Waals surface area contributed by atoms with E-state index in [1.54, 1.807) is 6.20 Å². The van der Waals surface area contributed by atoms with Crippen molar-refractivity contribution in [1.29, 1.82) is 0 Å². The molecule has 11 heavy (non-hydrogen) atoms. The molecule has 0 fully saturated rings. The summed E-state index contributed by atoms with van der Waals surface area (Å²) >= 11 is 0. The highest BCUT2D eigenvalue weighted by Crippen LogP contribution is 2.18. The van der Waals surface area contributed by atoms with Gasteiger partial charge < -0.3 is 5.73 Å². The van der Waals surface area contributed by atoms with Crippen molar-refractivity contribution in [2.45, 2.75) is 19.8 Å². The molecule has 1 unspecified atom stereocenters. The quantitative estimate of drug-likeness (QED) is 0.642. The molecule has 1 atom stereocenters. The van der Waals surface area contributed by atoms with Gasteiger partial charge in [0.2, 0.25) is 0 Å². The zero-order valence-electron chi connectivity index (χ0n) is 6.83. The first kappa shape index (κ1) is 8.48. The lowest BCUT2D eigenvalue weighted by Crippen LogP contribution is -2.04. The highest BCUT2D eigenvalue weighted by atomic mass is 31.0. The van der Waals surface area contributed by atoms with Crippen LogP contribution in [0.5, 0.6) is 0 Å². The van der Waals surface area contributed by atoms with Crippen molar-refractivity contribution in [1.82, 2.24) is 4.98 Å². The van der Waals surface area contributed by atoms with E-state index in [-0.39, 0.29) is 0 Å². The molecule has 0 aromatic carbocycles. The average Bonchev–Trinajstić information content (AvgIpc) is 1.94. The second kappa shape index (κ2) is 3.19. The van der Waals surface area contributed by atoms with Crippen LogP contribution in [0, 0.1) is 0 Å². The first-order valence-corrected chi connectivity index (χ1v) is 4.20. The van der Waals surface area contributed by atoms with Crippen molar-refractivity contribution >= 4 is 20.4 Å². The molecule has 1 heterocycles. The Hall–Kier alpha value is -0.620. The van der Waals surface area contributed by atoms with Crippen LogP contribution in [0.25, 0.3) is 0 Å². The van der Waals surface area contributed by atoms with Crippen LogP contribution < -0.4 is 11.0 Å². The maximum atomic E-state index is 5.67. The van der Waals surface area contributed by atoms with E-state index in [4.69, 9.17) is 5.73 Å². The van der Waals surface area contributed by atoms with Crippen LogP contribution >= 0.6 is 9.24 Å². The molecule has 0 saturated heterocycles. The summed E-state index contributed by atoms with van der Waals surface area (Å²) in [7, 11) is 2.61. The van der Waals surface area contributed by atoms with Crippen LogP contribution in [-0.4, -0.2) is 4.98 Å². The number of nitrogens with two attached hydrogens (primary N) is 1. The van der Waals surface area contributed by atoms with Gasteiger partial charge in [0.25, 0.3) is 0 Å². The number of anilines is 1. The van der Waals surface area contributed by atoms with Crippen LogP contribution in [0.4, 0.5) is 5.82 Å². The third kappa shape index (κ3) is 1.90. The van der Waals surface area contributed by atoms with Gasteiger partial charge in [-0.3, -0.25) is 0 Å². The molecule has 0 amide bonds. The first-order chi connectivity index (χ1) is 5.11. The van der Waals surface area contributed by atoms with Crippen molar-refractivity contribution in [3.05, 3.63) is 17.8 Å². The molecule has 2 N–H and O–H groups in total. The summed E-state index contributed by atoms with van der Waals surface area (Å²) in [4.78, 5) is 4.06. The standard InChI is InChI=1S/C8H13N2P/c1-5(2)7-3-6(11)4-10-8(7)9/h3-5H,11H2,1-2H3,(H2,9,10). The fraction of sp³-hybridized carbons (Fsp3) is 0.375. The summed E-state index contributed by atoms with van der Waals surface area (Å²) in [6, 6.07) is 2.05. The fourth-order valence-corrected chi connectivity index (χ4v) is 1.23. The Bertz CT molecular complexity index is 258. The van der Waals surface area contributed by atoms with Crippen molar-refractivity contribution in [2.75, 3.05) is 5.73 Å². The van der Waals surface area contributed by atoms with E-state index < -0.39 is 0 Å². The van der Waals surface area contributed by atoms with Crippen molar-refractivity contribution in [2.24, 2.45) is 0 Å². The van der Waals surface area contributed by atoms with Crippen molar-refractivity contribution < 1.29 is 0 Å². The minimum atomic E-state index is 0.447. The highest BCUT2D eigenvalue weighted by molar-refractivity contribution is 7.27. The van der Waals surface area contributed by atoms with E-state index in [0.717, 1.165) is 10.9 Å². The summed E-state index contributed by atoms with van der Waals surface area (Å²) in [6.07, 6.45) is 1.76. The lowest BCUT2D eigenvalue weighted by Gasteiger charge is -2.08. The van der Waals surface area contributed by atoms with Crippen LogP contribution in [-0.2, 0) is 0 Å². The Morgan fingerprint density at radius 3 is 2.64 bits per heavy atom. The number of pyridine rings is 1. The minimum Gasteiger partial charge on any atom is -0.383 e. The molecule has 3 heteroatoms. The predicted octanol–water partition coefficient (Wildman–Crippen LogP) is 1.29. The molecule has 1 rings (SSSR count).